The summed E-state index contributed by atoms with van der Waals surface area (Å²) in [5.74, 6) is 0.223. The van der Waals surface area contributed by atoms with Gasteiger partial charge in [-0.15, -0.1) is 0 Å². The molecule has 1 heterocycles. The van der Waals surface area contributed by atoms with Crippen molar-refractivity contribution in [2.45, 2.75) is 39.2 Å². The molecule has 0 bridgehead atoms. The molecule has 1 saturated heterocycles. The summed E-state index contributed by atoms with van der Waals surface area (Å²) in [6, 6.07) is 6.10. The van der Waals surface area contributed by atoms with E-state index in [1.54, 1.807) is 0 Å². The lowest BCUT2D eigenvalue weighted by atomic mass is 10.1. The zero-order chi connectivity index (χ0) is 11.7. The highest BCUT2D eigenvalue weighted by molar-refractivity contribution is 5.97. The molecule has 3 nitrogen and oxygen atoms in total. The predicted molar refractivity (Wildman–Crippen MR) is 66.4 cm³/mol. The third-order valence-corrected chi connectivity index (χ3v) is 3.29. The number of nitrogens with zero attached hydrogens (tertiary/aromatic N) is 1. The van der Waals surface area contributed by atoms with Crippen molar-refractivity contribution in [1.82, 2.24) is 0 Å². The number of aryl methyl sites for hydroxylation is 1. The van der Waals surface area contributed by atoms with Crippen molar-refractivity contribution in [1.29, 1.82) is 0 Å². The van der Waals surface area contributed by atoms with Gasteiger partial charge in [-0.1, -0.05) is 13.0 Å². The molecule has 0 spiro atoms. The quantitative estimate of drug-likeness (QED) is 0.775. The first-order valence-electron chi connectivity index (χ1n) is 5.81. The normalized spacial score (nSPS) is 20.5. The van der Waals surface area contributed by atoms with Crippen molar-refractivity contribution in [2.75, 3.05) is 10.6 Å². The molecule has 1 aliphatic heterocycles. The van der Waals surface area contributed by atoms with Gasteiger partial charge in [0.25, 0.3) is 0 Å². The molecule has 86 valence electrons. The van der Waals surface area contributed by atoms with Gasteiger partial charge in [0.15, 0.2) is 0 Å². The van der Waals surface area contributed by atoms with Crippen molar-refractivity contribution >= 4 is 17.3 Å². The van der Waals surface area contributed by atoms with E-state index in [9.17, 15) is 4.79 Å². The van der Waals surface area contributed by atoms with Gasteiger partial charge in [0.2, 0.25) is 5.91 Å². The van der Waals surface area contributed by atoms with Gasteiger partial charge in [0, 0.05) is 23.8 Å². The number of hydrogen-bond donors (Lipinski definition) is 1. The molecule has 2 rings (SSSR count). The average molecular weight is 218 g/mol. The molecule has 1 atom stereocenters. The summed E-state index contributed by atoms with van der Waals surface area (Å²) in [7, 11) is 0. The van der Waals surface area contributed by atoms with E-state index >= 15 is 0 Å². The fourth-order valence-electron chi connectivity index (χ4n) is 2.35. The summed E-state index contributed by atoms with van der Waals surface area (Å²) in [6.07, 6.45) is 2.62. The minimum absolute atomic E-state index is 0.223. The van der Waals surface area contributed by atoms with E-state index in [0.717, 1.165) is 29.8 Å². The Balaban J connectivity index is 2.41. The summed E-state index contributed by atoms with van der Waals surface area (Å²) >= 11 is 0. The highest BCUT2D eigenvalue weighted by Gasteiger charge is 2.31. The lowest BCUT2D eigenvalue weighted by molar-refractivity contribution is -0.117. The summed E-state index contributed by atoms with van der Waals surface area (Å²) < 4.78 is 0. The summed E-state index contributed by atoms with van der Waals surface area (Å²) in [5.41, 5.74) is 8.60. The molecule has 1 fully saturated rings. The topological polar surface area (TPSA) is 46.3 Å². The van der Waals surface area contributed by atoms with Gasteiger partial charge in [-0.05, 0) is 37.5 Å². The van der Waals surface area contributed by atoms with Gasteiger partial charge in [-0.2, -0.15) is 0 Å². The fraction of sp³-hybridized carbons (Fsp3) is 0.462. The van der Waals surface area contributed by atoms with Crippen LogP contribution in [-0.2, 0) is 4.79 Å². The molecule has 1 aromatic rings. The van der Waals surface area contributed by atoms with Crippen LogP contribution in [0.15, 0.2) is 18.2 Å². The largest absolute Gasteiger partial charge is 0.399 e. The third-order valence-electron chi connectivity index (χ3n) is 3.29. The van der Waals surface area contributed by atoms with E-state index in [1.807, 2.05) is 30.0 Å². The summed E-state index contributed by atoms with van der Waals surface area (Å²) in [5, 5.41) is 0. The molecule has 1 unspecified atom stereocenters. The second-order valence-electron chi connectivity index (χ2n) is 4.41. The van der Waals surface area contributed by atoms with Crippen LogP contribution in [0.25, 0.3) is 0 Å². The Hall–Kier alpha value is -1.51. The van der Waals surface area contributed by atoms with Crippen molar-refractivity contribution in [3.8, 4) is 0 Å². The first-order valence-corrected chi connectivity index (χ1v) is 5.81. The maximum atomic E-state index is 11.9. The number of carbonyl (C=O) groups is 1. The molecule has 1 aliphatic rings. The number of rotatable bonds is 2. The van der Waals surface area contributed by atoms with Gasteiger partial charge < -0.3 is 10.6 Å². The van der Waals surface area contributed by atoms with Crippen LogP contribution in [0.1, 0.15) is 31.7 Å². The van der Waals surface area contributed by atoms with Gasteiger partial charge in [-0.3, -0.25) is 4.79 Å². The van der Waals surface area contributed by atoms with Crippen LogP contribution in [0.3, 0.4) is 0 Å². The molecule has 2 N–H and O–H groups in total. The molecule has 0 radical (unpaired) electrons. The first kappa shape index (κ1) is 11.0. The van der Waals surface area contributed by atoms with Crippen LogP contribution in [0.4, 0.5) is 11.4 Å². The number of amides is 1. The maximum Gasteiger partial charge on any atom is 0.227 e. The van der Waals surface area contributed by atoms with Gasteiger partial charge >= 0.3 is 0 Å². The van der Waals surface area contributed by atoms with E-state index in [0.29, 0.717) is 12.5 Å². The van der Waals surface area contributed by atoms with Crippen LogP contribution in [0.5, 0.6) is 0 Å². The van der Waals surface area contributed by atoms with Crippen LogP contribution >= 0.6 is 0 Å². The molecular weight excluding hydrogens is 200 g/mol. The summed E-state index contributed by atoms with van der Waals surface area (Å²) in [6.45, 7) is 4.14. The second kappa shape index (κ2) is 4.16. The SMILES string of the molecule is CCC1CCC(=O)N1c1cc(N)ccc1C. The van der Waals surface area contributed by atoms with Crippen LogP contribution in [0.2, 0.25) is 0 Å². The Morgan fingerprint density at radius 1 is 1.50 bits per heavy atom. The number of anilines is 2. The number of nitrogens with two attached hydrogens (primary N) is 1. The average Bonchev–Trinajstić information content (AvgIpc) is 2.63. The summed E-state index contributed by atoms with van der Waals surface area (Å²) in [4.78, 5) is 13.8. The highest BCUT2D eigenvalue weighted by atomic mass is 16.2. The Kier molecular flexibility index (Phi) is 2.86. The van der Waals surface area contributed by atoms with Gasteiger partial charge in [0.05, 0.1) is 0 Å². The Bertz CT molecular complexity index is 414. The van der Waals surface area contributed by atoms with E-state index < -0.39 is 0 Å². The number of carbonyl (C=O) groups excluding carboxylic acids is 1. The minimum Gasteiger partial charge on any atom is -0.399 e. The van der Waals surface area contributed by atoms with E-state index in [1.165, 1.54) is 0 Å². The number of benzene rings is 1. The molecule has 0 saturated carbocycles. The molecule has 0 aromatic heterocycles. The van der Waals surface area contributed by atoms with E-state index in [-0.39, 0.29) is 5.91 Å². The molecule has 0 aliphatic carbocycles. The highest BCUT2D eigenvalue weighted by Crippen LogP contribution is 2.31. The molecule has 3 heteroatoms. The van der Waals surface area contributed by atoms with Crippen LogP contribution in [-0.4, -0.2) is 11.9 Å². The van der Waals surface area contributed by atoms with Crippen molar-refractivity contribution in [3.05, 3.63) is 23.8 Å². The van der Waals surface area contributed by atoms with Crippen molar-refractivity contribution < 1.29 is 4.79 Å². The van der Waals surface area contributed by atoms with E-state index in [4.69, 9.17) is 5.73 Å². The Morgan fingerprint density at radius 3 is 2.94 bits per heavy atom. The Labute approximate surface area is 96.2 Å². The molecular formula is C13H18N2O. The predicted octanol–water partition coefficient (Wildman–Crippen LogP) is 2.48. The molecule has 1 aromatic carbocycles. The smallest absolute Gasteiger partial charge is 0.227 e. The second-order valence-corrected chi connectivity index (χ2v) is 4.41. The van der Waals surface area contributed by atoms with Crippen LogP contribution < -0.4 is 10.6 Å². The lowest BCUT2D eigenvalue weighted by Crippen LogP contribution is -2.32. The fourth-order valence-corrected chi connectivity index (χ4v) is 2.35. The monoisotopic (exact) mass is 218 g/mol. The maximum absolute atomic E-state index is 11.9. The first-order chi connectivity index (χ1) is 7.63. The van der Waals surface area contributed by atoms with Crippen LogP contribution in [0, 0.1) is 6.92 Å². The van der Waals surface area contributed by atoms with Crippen molar-refractivity contribution in [3.63, 3.8) is 0 Å². The third kappa shape index (κ3) is 1.77. The molecule has 16 heavy (non-hydrogen) atoms. The Morgan fingerprint density at radius 2 is 2.25 bits per heavy atom. The minimum atomic E-state index is 0.223. The number of hydrogen-bond acceptors (Lipinski definition) is 2. The number of nitrogen functional groups attached to an aromatic ring is 1. The van der Waals surface area contributed by atoms with Gasteiger partial charge in [0.1, 0.15) is 0 Å². The van der Waals surface area contributed by atoms with Gasteiger partial charge in [-0.25, -0.2) is 0 Å². The van der Waals surface area contributed by atoms with Crippen molar-refractivity contribution in [2.24, 2.45) is 0 Å². The molecule has 1 amide bonds. The zero-order valence-electron chi connectivity index (χ0n) is 9.86. The standard InChI is InChI=1S/C13H18N2O/c1-3-11-6-7-13(16)15(11)12-8-10(14)5-4-9(12)2/h4-5,8,11H,3,6-7,14H2,1-2H3. The lowest BCUT2D eigenvalue weighted by Gasteiger charge is -2.25. The van der Waals surface area contributed by atoms with E-state index in [2.05, 4.69) is 6.92 Å². The zero-order valence-corrected chi connectivity index (χ0v) is 9.86.